The fraction of sp³-hybridized carbons (Fsp3) is 0.538. The maximum absolute atomic E-state index is 11.4. The third-order valence-electron chi connectivity index (χ3n) is 3.13. The average molecular weight is 287 g/mol. The Hall–Kier alpha value is -0.580. The van der Waals surface area contributed by atoms with Crippen molar-refractivity contribution in [2.45, 2.75) is 13.5 Å². The molecular weight excluding hydrogens is 268 g/mol. The Labute approximate surface area is 116 Å². The molecule has 3 nitrogen and oxygen atoms in total. The molecule has 1 aliphatic rings. The summed E-state index contributed by atoms with van der Waals surface area (Å²) in [4.78, 5) is 2.31. The summed E-state index contributed by atoms with van der Waals surface area (Å²) in [6.07, 6.45) is 0. The summed E-state index contributed by atoms with van der Waals surface area (Å²) >= 11 is 6.06. The third kappa shape index (κ3) is 3.46. The molecule has 1 heterocycles. The van der Waals surface area contributed by atoms with Crippen molar-refractivity contribution in [3.63, 3.8) is 0 Å². The number of nitrogens with zero attached hydrogens (tertiary/aromatic N) is 1. The van der Waals surface area contributed by atoms with Gasteiger partial charge in [-0.2, -0.15) is 0 Å². The van der Waals surface area contributed by atoms with Gasteiger partial charge in [0.2, 0.25) is 0 Å². The second-order valence-electron chi connectivity index (χ2n) is 4.39. The predicted octanol–water partition coefficient (Wildman–Crippen LogP) is 2.02. The van der Waals surface area contributed by atoms with Gasteiger partial charge in [0.25, 0.3) is 0 Å². The van der Waals surface area contributed by atoms with Crippen LogP contribution in [-0.2, 0) is 17.3 Å². The van der Waals surface area contributed by atoms with E-state index in [1.807, 2.05) is 12.1 Å². The molecule has 2 rings (SSSR count). The molecular formula is C13H19ClN2OS. The molecule has 0 atom stereocenters. The van der Waals surface area contributed by atoms with Gasteiger partial charge in [-0.3, -0.25) is 4.21 Å². The molecule has 1 aliphatic heterocycles. The minimum Gasteiger partial charge on any atom is -0.369 e. The Balaban J connectivity index is 2.17. The van der Waals surface area contributed by atoms with Gasteiger partial charge < -0.3 is 10.2 Å². The molecule has 1 aromatic carbocycles. The van der Waals surface area contributed by atoms with E-state index >= 15 is 0 Å². The molecule has 0 saturated carbocycles. The first-order valence-electron chi connectivity index (χ1n) is 6.29. The van der Waals surface area contributed by atoms with Gasteiger partial charge in [-0.25, -0.2) is 0 Å². The fourth-order valence-electron chi connectivity index (χ4n) is 2.14. The molecule has 0 bridgehead atoms. The van der Waals surface area contributed by atoms with Crippen molar-refractivity contribution >= 4 is 28.1 Å². The quantitative estimate of drug-likeness (QED) is 0.919. The van der Waals surface area contributed by atoms with Crippen LogP contribution in [0.15, 0.2) is 18.2 Å². The highest BCUT2D eigenvalue weighted by molar-refractivity contribution is 7.85. The normalized spacial score (nSPS) is 17.1. The van der Waals surface area contributed by atoms with Crippen molar-refractivity contribution in [3.8, 4) is 0 Å². The standard InChI is InChI=1S/C13H19ClN2OS/c1-2-15-10-11-9-12(14)3-4-13(11)16-5-7-18(17)8-6-16/h3-4,9,15H,2,5-8,10H2,1H3. The van der Waals surface area contributed by atoms with Crippen LogP contribution in [0.25, 0.3) is 0 Å². The van der Waals surface area contributed by atoms with Gasteiger partial charge in [-0.05, 0) is 30.3 Å². The number of halogens is 1. The SMILES string of the molecule is CCNCc1cc(Cl)ccc1N1CCS(=O)CC1. The Morgan fingerprint density at radius 1 is 1.39 bits per heavy atom. The Kier molecular flexibility index (Phi) is 5.03. The molecule has 5 heteroatoms. The largest absolute Gasteiger partial charge is 0.369 e. The van der Waals surface area contributed by atoms with E-state index in [9.17, 15) is 4.21 Å². The van der Waals surface area contributed by atoms with Crippen molar-refractivity contribution in [3.05, 3.63) is 28.8 Å². The van der Waals surface area contributed by atoms with Crippen molar-refractivity contribution in [1.82, 2.24) is 5.32 Å². The van der Waals surface area contributed by atoms with Crippen LogP contribution in [0.3, 0.4) is 0 Å². The van der Waals surface area contributed by atoms with Crippen molar-refractivity contribution < 1.29 is 4.21 Å². The minimum atomic E-state index is -0.634. The van der Waals surface area contributed by atoms with E-state index in [-0.39, 0.29) is 0 Å². The highest BCUT2D eigenvalue weighted by atomic mass is 35.5. The smallest absolute Gasteiger partial charge is 0.0413 e. The number of benzene rings is 1. The number of nitrogens with one attached hydrogen (secondary N) is 1. The average Bonchev–Trinajstić information content (AvgIpc) is 2.38. The molecule has 18 heavy (non-hydrogen) atoms. The lowest BCUT2D eigenvalue weighted by Gasteiger charge is -2.30. The zero-order chi connectivity index (χ0) is 13.0. The minimum absolute atomic E-state index is 0.634. The Morgan fingerprint density at radius 2 is 2.11 bits per heavy atom. The van der Waals surface area contributed by atoms with E-state index in [2.05, 4.69) is 23.2 Å². The number of rotatable bonds is 4. The first kappa shape index (κ1) is 13.8. The van der Waals surface area contributed by atoms with Gasteiger partial charge in [0.1, 0.15) is 0 Å². The first-order valence-corrected chi connectivity index (χ1v) is 8.16. The van der Waals surface area contributed by atoms with E-state index in [1.54, 1.807) is 0 Å². The van der Waals surface area contributed by atoms with Gasteiger partial charge in [0.05, 0.1) is 0 Å². The monoisotopic (exact) mass is 286 g/mol. The lowest BCUT2D eigenvalue weighted by atomic mass is 10.1. The summed E-state index contributed by atoms with van der Waals surface area (Å²) in [5, 5.41) is 4.11. The highest BCUT2D eigenvalue weighted by Crippen LogP contribution is 2.25. The van der Waals surface area contributed by atoms with Crippen LogP contribution in [0.4, 0.5) is 5.69 Å². The molecule has 0 amide bonds. The van der Waals surface area contributed by atoms with Crippen LogP contribution in [-0.4, -0.2) is 35.3 Å². The zero-order valence-corrected chi connectivity index (χ0v) is 12.2. The molecule has 1 saturated heterocycles. The molecule has 0 aliphatic carbocycles. The molecule has 1 N–H and O–H groups in total. The Morgan fingerprint density at radius 3 is 2.78 bits per heavy atom. The van der Waals surface area contributed by atoms with Crippen molar-refractivity contribution in [2.75, 3.05) is 36.0 Å². The van der Waals surface area contributed by atoms with Crippen LogP contribution < -0.4 is 10.2 Å². The first-order chi connectivity index (χ1) is 8.70. The van der Waals surface area contributed by atoms with E-state index in [4.69, 9.17) is 11.6 Å². The molecule has 1 fully saturated rings. The van der Waals surface area contributed by atoms with Crippen molar-refractivity contribution in [2.24, 2.45) is 0 Å². The lowest BCUT2D eigenvalue weighted by Crippen LogP contribution is -2.38. The van der Waals surface area contributed by atoms with Crippen LogP contribution in [0.5, 0.6) is 0 Å². The zero-order valence-electron chi connectivity index (χ0n) is 10.6. The van der Waals surface area contributed by atoms with E-state index in [1.165, 1.54) is 11.3 Å². The lowest BCUT2D eigenvalue weighted by molar-refractivity contribution is 0.672. The van der Waals surface area contributed by atoms with Gasteiger partial charge in [-0.15, -0.1) is 0 Å². The summed E-state index contributed by atoms with van der Waals surface area (Å²) in [5.41, 5.74) is 2.44. The number of anilines is 1. The summed E-state index contributed by atoms with van der Waals surface area (Å²) in [7, 11) is -0.634. The molecule has 100 valence electrons. The topological polar surface area (TPSA) is 32.3 Å². The summed E-state index contributed by atoms with van der Waals surface area (Å²) in [6, 6.07) is 6.02. The number of hydrogen-bond donors (Lipinski definition) is 1. The Bertz CT molecular complexity index is 429. The summed E-state index contributed by atoms with van der Waals surface area (Å²) < 4.78 is 11.4. The third-order valence-corrected chi connectivity index (χ3v) is 4.64. The maximum Gasteiger partial charge on any atom is 0.0413 e. The van der Waals surface area contributed by atoms with Crippen LogP contribution in [0, 0.1) is 0 Å². The highest BCUT2D eigenvalue weighted by Gasteiger charge is 2.17. The van der Waals surface area contributed by atoms with Gasteiger partial charge in [0, 0.05) is 52.6 Å². The van der Waals surface area contributed by atoms with E-state index < -0.39 is 10.8 Å². The number of hydrogen-bond acceptors (Lipinski definition) is 3. The predicted molar refractivity (Wildman–Crippen MR) is 78.9 cm³/mol. The molecule has 0 unspecified atom stereocenters. The van der Waals surface area contributed by atoms with E-state index in [0.717, 1.165) is 42.7 Å². The van der Waals surface area contributed by atoms with Gasteiger partial charge in [-0.1, -0.05) is 18.5 Å². The summed E-state index contributed by atoms with van der Waals surface area (Å²) in [5.74, 6) is 1.53. The second-order valence-corrected chi connectivity index (χ2v) is 6.52. The molecule has 0 spiro atoms. The maximum atomic E-state index is 11.4. The van der Waals surface area contributed by atoms with Gasteiger partial charge in [0.15, 0.2) is 0 Å². The van der Waals surface area contributed by atoms with Crippen LogP contribution in [0.2, 0.25) is 5.02 Å². The van der Waals surface area contributed by atoms with Crippen LogP contribution >= 0.6 is 11.6 Å². The van der Waals surface area contributed by atoms with Gasteiger partial charge >= 0.3 is 0 Å². The fourth-order valence-corrected chi connectivity index (χ4v) is 3.39. The molecule has 0 radical (unpaired) electrons. The molecule has 1 aromatic rings. The molecule has 0 aromatic heterocycles. The van der Waals surface area contributed by atoms with Crippen molar-refractivity contribution in [1.29, 1.82) is 0 Å². The van der Waals surface area contributed by atoms with E-state index in [0.29, 0.717) is 0 Å². The second kappa shape index (κ2) is 6.55. The van der Waals surface area contributed by atoms with Crippen LogP contribution in [0.1, 0.15) is 12.5 Å². The summed E-state index contributed by atoms with van der Waals surface area (Å²) in [6.45, 7) is 5.59.